The fourth-order valence-electron chi connectivity index (χ4n) is 3.49. The molecule has 1 amide bonds. The molecule has 1 fully saturated rings. The molecule has 1 N–H and O–H groups in total. The average Bonchev–Trinajstić information content (AvgIpc) is 3.03. The van der Waals surface area contributed by atoms with Crippen LogP contribution in [0.5, 0.6) is 5.75 Å². The standard InChI is InChI=1S/C21H32N4O5S2/c1-15-22-18-12-17(6-7-19(18)31-15)29-14-16(23-32(5,27)28)13-24-8-10-25(11-9-24)20(26)30-21(2,3)4/h6-7,12,16,23H,8-11,13-14H2,1-5H3. The summed E-state index contributed by atoms with van der Waals surface area (Å²) in [6.45, 7) is 10.5. The molecule has 0 bridgehead atoms. The Morgan fingerprint density at radius 2 is 1.94 bits per heavy atom. The first kappa shape index (κ1) is 24.7. The number of amides is 1. The molecule has 1 aromatic carbocycles. The van der Waals surface area contributed by atoms with E-state index in [4.69, 9.17) is 9.47 Å². The number of thiazole rings is 1. The normalized spacial score (nSPS) is 16.8. The van der Waals surface area contributed by atoms with Crippen LogP contribution in [0.4, 0.5) is 4.79 Å². The summed E-state index contributed by atoms with van der Waals surface area (Å²) in [5, 5.41) is 0.985. The first-order chi connectivity index (χ1) is 14.9. The number of ether oxygens (including phenoxy) is 2. The molecular formula is C21H32N4O5S2. The van der Waals surface area contributed by atoms with Crippen LogP contribution in [0.15, 0.2) is 18.2 Å². The molecule has 1 saturated heterocycles. The number of rotatable bonds is 7. The molecule has 1 atom stereocenters. The Hall–Kier alpha value is -1.95. The van der Waals surface area contributed by atoms with Crippen LogP contribution in [-0.4, -0.2) is 86.5 Å². The van der Waals surface area contributed by atoms with Crippen LogP contribution in [-0.2, 0) is 14.8 Å². The minimum atomic E-state index is -3.41. The van der Waals surface area contributed by atoms with E-state index < -0.39 is 21.7 Å². The van der Waals surface area contributed by atoms with E-state index >= 15 is 0 Å². The highest BCUT2D eigenvalue weighted by molar-refractivity contribution is 7.88. The molecule has 0 radical (unpaired) electrons. The SMILES string of the molecule is Cc1nc2cc(OCC(CN3CCN(C(=O)OC(C)(C)C)CC3)NS(C)(=O)=O)ccc2s1. The number of carbonyl (C=O) groups is 1. The van der Waals surface area contributed by atoms with Crippen molar-refractivity contribution in [2.75, 3.05) is 45.6 Å². The van der Waals surface area contributed by atoms with Crippen molar-refractivity contribution in [2.24, 2.45) is 0 Å². The Morgan fingerprint density at radius 1 is 1.25 bits per heavy atom. The van der Waals surface area contributed by atoms with E-state index in [2.05, 4.69) is 14.6 Å². The highest BCUT2D eigenvalue weighted by Crippen LogP contribution is 2.25. The van der Waals surface area contributed by atoms with Gasteiger partial charge in [0.25, 0.3) is 0 Å². The second-order valence-corrected chi connectivity index (χ2v) is 12.0. The van der Waals surface area contributed by atoms with Crippen molar-refractivity contribution < 1.29 is 22.7 Å². The third-order valence-corrected chi connectivity index (χ3v) is 6.51. The number of benzene rings is 1. The monoisotopic (exact) mass is 484 g/mol. The summed E-state index contributed by atoms with van der Waals surface area (Å²) >= 11 is 1.62. The van der Waals surface area contributed by atoms with E-state index in [-0.39, 0.29) is 12.7 Å². The number of aryl methyl sites for hydroxylation is 1. The van der Waals surface area contributed by atoms with Gasteiger partial charge in [0.15, 0.2) is 0 Å². The molecule has 2 heterocycles. The molecular weight excluding hydrogens is 452 g/mol. The summed E-state index contributed by atoms with van der Waals surface area (Å²) < 4.78 is 38.9. The van der Waals surface area contributed by atoms with Gasteiger partial charge in [-0.3, -0.25) is 4.90 Å². The number of fused-ring (bicyclic) bond motifs is 1. The maximum Gasteiger partial charge on any atom is 0.410 e. The summed E-state index contributed by atoms with van der Waals surface area (Å²) in [5.74, 6) is 0.651. The molecule has 1 aliphatic rings. The lowest BCUT2D eigenvalue weighted by molar-refractivity contribution is 0.0136. The van der Waals surface area contributed by atoms with Crippen LogP contribution in [0.3, 0.4) is 0 Å². The quantitative estimate of drug-likeness (QED) is 0.644. The number of hydrogen-bond donors (Lipinski definition) is 1. The summed E-state index contributed by atoms with van der Waals surface area (Å²) in [5.41, 5.74) is 0.340. The third kappa shape index (κ3) is 7.58. The number of aromatic nitrogens is 1. The van der Waals surface area contributed by atoms with E-state index in [1.165, 1.54) is 0 Å². The Bertz CT molecular complexity index is 1040. The largest absolute Gasteiger partial charge is 0.492 e. The molecule has 1 aromatic heterocycles. The Balaban J connectivity index is 1.57. The van der Waals surface area contributed by atoms with Crippen molar-refractivity contribution in [3.63, 3.8) is 0 Å². The number of piperazine rings is 1. The molecule has 32 heavy (non-hydrogen) atoms. The van der Waals surface area contributed by atoms with Crippen molar-refractivity contribution in [3.8, 4) is 5.75 Å². The highest BCUT2D eigenvalue weighted by Gasteiger charge is 2.27. The molecule has 0 saturated carbocycles. The van der Waals surface area contributed by atoms with Gasteiger partial charge in [0.05, 0.1) is 27.5 Å². The first-order valence-corrected chi connectivity index (χ1v) is 13.3. The predicted octanol–water partition coefficient (Wildman–Crippen LogP) is 2.45. The summed E-state index contributed by atoms with van der Waals surface area (Å²) in [6.07, 6.45) is 0.823. The average molecular weight is 485 g/mol. The van der Waals surface area contributed by atoms with Crippen molar-refractivity contribution in [1.29, 1.82) is 0 Å². The van der Waals surface area contributed by atoms with Gasteiger partial charge in [0, 0.05) is 38.8 Å². The van der Waals surface area contributed by atoms with Crippen molar-refractivity contribution in [3.05, 3.63) is 23.2 Å². The smallest absolute Gasteiger partial charge is 0.410 e. The van der Waals surface area contributed by atoms with Gasteiger partial charge in [-0.05, 0) is 39.8 Å². The maximum atomic E-state index is 12.3. The zero-order valence-electron chi connectivity index (χ0n) is 19.3. The van der Waals surface area contributed by atoms with Crippen LogP contribution in [0.2, 0.25) is 0 Å². The van der Waals surface area contributed by atoms with Crippen molar-refractivity contribution in [1.82, 2.24) is 19.5 Å². The molecule has 1 aliphatic heterocycles. The fourth-order valence-corrected chi connectivity index (χ4v) is 5.04. The molecule has 0 spiro atoms. The lowest BCUT2D eigenvalue weighted by Crippen LogP contribution is -2.54. The minimum Gasteiger partial charge on any atom is -0.492 e. The fraction of sp³-hybridized carbons (Fsp3) is 0.619. The Morgan fingerprint density at radius 3 is 2.56 bits per heavy atom. The summed E-state index contributed by atoms with van der Waals surface area (Å²) in [7, 11) is -3.41. The van der Waals surface area contributed by atoms with E-state index in [9.17, 15) is 13.2 Å². The van der Waals surface area contributed by atoms with Gasteiger partial charge in [-0.2, -0.15) is 0 Å². The van der Waals surface area contributed by atoms with Crippen LogP contribution < -0.4 is 9.46 Å². The molecule has 178 valence electrons. The second kappa shape index (κ2) is 9.90. The number of sulfonamides is 1. The zero-order chi connectivity index (χ0) is 23.5. The van der Waals surface area contributed by atoms with Crippen molar-refractivity contribution in [2.45, 2.75) is 39.3 Å². The number of nitrogens with one attached hydrogen (secondary N) is 1. The van der Waals surface area contributed by atoms with Crippen LogP contribution in [0.1, 0.15) is 25.8 Å². The molecule has 2 aromatic rings. The number of hydrogen-bond acceptors (Lipinski definition) is 8. The lowest BCUT2D eigenvalue weighted by atomic mass is 10.2. The van der Waals surface area contributed by atoms with Gasteiger partial charge in [-0.15, -0.1) is 11.3 Å². The molecule has 9 nitrogen and oxygen atoms in total. The Labute approximate surface area is 193 Å². The van der Waals surface area contributed by atoms with Crippen LogP contribution >= 0.6 is 11.3 Å². The summed E-state index contributed by atoms with van der Waals surface area (Å²) in [6, 6.07) is 5.28. The van der Waals surface area contributed by atoms with Gasteiger partial charge in [-0.25, -0.2) is 22.9 Å². The van der Waals surface area contributed by atoms with E-state index in [1.807, 2.05) is 45.9 Å². The minimum absolute atomic E-state index is 0.188. The van der Waals surface area contributed by atoms with Gasteiger partial charge in [-0.1, -0.05) is 0 Å². The van der Waals surface area contributed by atoms with Crippen LogP contribution in [0, 0.1) is 6.92 Å². The van der Waals surface area contributed by atoms with Gasteiger partial charge in [0.2, 0.25) is 10.0 Å². The predicted molar refractivity (Wildman–Crippen MR) is 126 cm³/mol. The second-order valence-electron chi connectivity index (χ2n) is 9.03. The third-order valence-electron chi connectivity index (χ3n) is 4.80. The van der Waals surface area contributed by atoms with Gasteiger partial charge in [0.1, 0.15) is 18.0 Å². The Kier molecular flexibility index (Phi) is 7.64. The molecule has 0 aliphatic carbocycles. The highest BCUT2D eigenvalue weighted by atomic mass is 32.2. The molecule has 11 heteroatoms. The van der Waals surface area contributed by atoms with Crippen LogP contribution in [0.25, 0.3) is 10.2 Å². The summed E-state index contributed by atoms with van der Waals surface area (Å²) in [4.78, 5) is 20.5. The molecule has 3 rings (SSSR count). The topological polar surface area (TPSA) is 101 Å². The van der Waals surface area contributed by atoms with E-state index in [0.717, 1.165) is 21.5 Å². The van der Waals surface area contributed by atoms with E-state index in [1.54, 1.807) is 16.2 Å². The zero-order valence-corrected chi connectivity index (χ0v) is 20.9. The number of carbonyl (C=O) groups excluding carboxylic acids is 1. The first-order valence-electron chi connectivity index (χ1n) is 10.6. The van der Waals surface area contributed by atoms with Gasteiger partial charge >= 0.3 is 6.09 Å². The lowest BCUT2D eigenvalue weighted by Gasteiger charge is -2.37. The maximum absolute atomic E-state index is 12.3. The van der Waals surface area contributed by atoms with Crippen molar-refractivity contribution >= 4 is 37.7 Å². The van der Waals surface area contributed by atoms with E-state index in [0.29, 0.717) is 38.5 Å². The molecule has 1 unspecified atom stereocenters. The number of nitrogens with zero attached hydrogens (tertiary/aromatic N) is 3. The van der Waals surface area contributed by atoms with Gasteiger partial charge < -0.3 is 14.4 Å².